The van der Waals surface area contributed by atoms with Gasteiger partial charge in [-0.15, -0.1) is 0 Å². The van der Waals surface area contributed by atoms with Crippen LogP contribution >= 0.6 is 0 Å². The Morgan fingerprint density at radius 1 is 1.42 bits per heavy atom. The van der Waals surface area contributed by atoms with Crippen molar-refractivity contribution in [2.45, 2.75) is 38.1 Å². The summed E-state index contributed by atoms with van der Waals surface area (Å²) in [5.74, 6) is 0.403. The average Bonchev–Trinajstić information content (AvgIpc) is 2.54. The minimum atomic E-state index is 0.403. The highest BCUT2D eigenvalue weighted by Crippen LogP contribution is 2.23. The van der Waals surface area contributed by atoms with Crippen molar-refractivity contribution in [1.29, 1.82) is 0 Å². The molecule has 1 aliphatic carbocycles. The molecule has 0 amide bonds. The Hall–Kier alpha value is -1.06. The minimum absolute atomic E-state index is 0.403. The average molecular weight is 168 g/mol. The molecular formula is C8H14N3O+. The fraction of sp³-hybridized carbons (Fsp3) is 0.750. The van der Waals surface area contributed by atoms with Crippen LogP contribution in [0.15, 0.2) is 10.7 Å². The van der Waals surface area contributed by atoms with Gasteiger partial charge < -0.3 is 5.73 Å². The predicted molar refractivity (Wildman–Crippen MR) is 43.2 cm³/mol. The Labute approximate surface area is 71.3 Å². The zero-order valence-corrected chi connectivity index (χ0v) is 7.07. The van der Waals surface area contributed by atoms with E-state index in [9.17, 15) is 0 Å². The number of hydrogen-bond donors (Lipinski definition) is 1. The highest BCUT2D eigenvalue weighted by atomic mass is 16.5. The van der Waals surface area contributed by atoms with Gasteiger partial charge in [-0.3, -0.25) is 4.52 Å². The number of nitrogens with two attached hydrogens (primary N) is 1. The third-order valence-corrected chi connectivity index (χ3v) is 2.45. The van der Waals surface area contributed by atoms with Crippen LogP contribution in [0.25, 0.3) is 0 Å². The summed E-state index contributed by atoms with van der Waals surface area (Å²) in [5.41, 5.74) is 5.44. The maximum atomic E-state index is 5.44. The summed E-state index contributed by atoms with van der Waals surface area (Å²) in [6.07, 6.45) is 8.13. The number of nitrogen functional groups attached to an aromatic ring is 1. The molecule has 0 radical (unpaired) electrons. The third kappa shape index (κ3) is 1.42. The predicted octanol–water partition coefficient (Wildman–Crippen LogP) is 1.05. The van der Waals surface area contributed by atoms with E-state index in [1.54, 1.807) is 6.20 Å². The van der Waals surface area contributed by atoms with Gasteiger partial charge >= 0.3 is 0 Å². The van der Waals surface area contributed by atoms with E-state index in [0.717, 1.165) is 0 Å². The van der Waals surface area contributed by atoms with Crippen molar-refractivity contribution in [1.82, 2.24) is 5.27 Å². The first-order valence-electron chi connectivity index (χ1n) is 4.50. The molecule has 1 aromatic heterocycles. The summed E-state index contributed by atoms with van der Waals surface area (Å²) >= 11 is 0. The van der Waals surface area contributed by atoms with Gasteiger partial charge in [0.15, 0.2) is 6.04 Å². The molecule has 1 saturated carbocycles. The zero-order chi connectivity index (χ0) is 8.39. The molecule has 1 aromatic rings. The van der Waals surface area contributed by atoms with Crippen molar-refractivity contribution in [2.24, 2.45) is 0 Å². The number of nitrogens with zero attached hydrogens (tertiary/aromatic N) is 2. The topological polar surface area (TPSA) is 55.9 Å². The second kappa shape index (κ2) is 3.13. The molecular weight excluding hydrogens is 154 g/mol. The van der Waals surface area contributed by atoms with Crippen LogP contribution in [0.1, 0.15) is 38.1 Å². The summed E-state index contributed by atoms with van der Waals surface area (Å²) in [6.45, 7) is 0. The van der Waals surface area contributed by atoms with Crippen molar-refractivity contribution in [3.8, 4) is 0 Å². The molecule has 0 unspecified atom stereocenters. The molecule has 2 rings (SSSR count). The second-order valence-electron chi connectivity index (χ2n) is 3.38. The number of rotatable bonds is 1. The number of aromatic nitrogens is 2. The molecule has 2 N–H and O–H groups in total. The van der Waals surface area contributed by atoms with Gasteiger partial charge in [-0.1, -0.05) is 6.42 Å². The first-order valence-corrected chi connectivity index (χ1v) is 4.50. The smallest absolute Gasteiger partial charge is 0.293 e. The molecule has 4 heteroatoms. The molecule has 1 aliphatic rings. The van der Waals surface area contributed by atoms with Gasteiger partial charge in [0.25, 0.3) is 12.1 Å². The maximum absolute atomic E-state index is 5.44. The molecule has 4 nitrogen and oxygen atoms in total. The van der Waals surface area contributed by atoms with Crippen LogP contribution in [0.5, 0.6) is 0 Å². The van der Waals surface area contributed by atoms with Gasteiger partial charge in [0.05, 0.1) is 0 Å². The lowest BCUT2D eigenvalue weighted by atomic mass is 9.96. The standard InChI is InChI=1S/C8H14N3O/c9-8-6-11(10-12-8)7-4-2-1-3-5-7/h6-7H,1-5,9H2/q+1. The molecule has 1 fully saturated rings. The van der Waals surface area contributed by atoms with Gasteiger partial charge in [0, 0.05) is 12.8 Å². The Bertz CT molecular complexity index is 253. The van der Waals surface area contributed by atoms with Crippen LogP contribution < -0.4 is 10.4 Å². The second-order valence-corrected chi connectivity index (χ2v) is 3.38. The lowest BCUT2D eigenvalue weighted by molar-refractivity contribution is -0.787. The lowest BCUT2D eigenvalue weighted by Crippen LogP contribution is -2.41. The zero-order valence-electron chi connectivity index (χ0n) is 7.07. The molecule has 12 heavy (non-hydrogen) atoms. The Kier molecular flexibility index (Phi) is 1.98. The van der Waals surface area contributed by atoms with Crippen LogP contribution in [0.3, 0.4) is 0 Å². The monoisotopic (exact) mass is 168 g/mol. The summed E-state index contributed by atoms with van der Waals surface area (Å²) in [6, 6.07) is 0.514. The first kappa shape index (κ1) is 7.58. The van der Waals surface area contributed by atoms with Gasteiger partial charge in [-0.2, -0.15) is 0 Å². The fourth-order valence-corrected chi connectivity index (χ4v) is 1.79. The molecule has 0 spiro atoms. The highest BCUT2D eigenvalue weighted by molar-refractivity contribution is 5.11. The number of anilines is 1. The van der Waals surface area contributed by atoms with Crippen LogP contribution in [0.4, 0.5) is 5.88 Å². The van der Waals surface area contributed by atoms with Crippen LogP contribution in [-0.2, 0) is 0 Å². The van der Waals surface area contributed by atoms with Gasteiger partial charge in [-0.25, -0.2) is 0 Å². The van der Waals surface area contributed by atoms with E-state index in [0.29, 0.717) is 11.9 Å². The summed E-state index contributed by atoms with van der Waals surface area (Å²) in [4.78, 5) is 0. The highest BCUT2D eigenvalue weighted by Gasteiger charge is 2.25. The van der Waals surface area contributed by atoms with Crippen molar-refractivity contribution in [3.63, 3.8) is 0 Å². The fourth-order valence-electron chi connectivity index (χ4n) is 1.79. The van der Waals surface area contributed by atoms with E-state index in [4.69, 9.17) is 10.3 Å². The molecule has 0 saturated heterocycles. The SMILES string of the molecule is Nc1c[n+](C2CCCCC2)no1. The number of hydrogen-bond acceptors (Lipinski definition) is 3. The van der Waals surface area contributed by atoms with Crippen molar-refractivity contribution in [2.75, 3.05) is 5.73 Å². The third-order valence-electron chi connectivity index (χ3n) is 2.45. The van der Waals surface area contributed by atoms with E-state index in [1.165, 1.54) is 32.1 Å². The summed E-state index contributed by atoms with van der Waals surface area (Å²) in [7, 11) is 0. The van der Waals surface area contributed by atoms with Crippen molar-refractivity contribution in [3.05, 3.63) is 6.20 Å². The molecule has 0 aromatic carbocycles. The van der Waals surface area contributed by atoms with E-state index < -0.39 is 0 Å². The van der Waals surface area contributed by atoms with Crippen LogP contribution in [-0.4, -0.2) is 5.27 Å². The van der Waals surface area contributed by atoms with Crippen LogP contribution in [0.2, 0.25) is 0 Å². The molecule has 0 bridgehead atoms. The molecule has 0 atom stereocenters. The van der Waals surface area contributed by atoms with Crippen molar-refractivity contribution < 1.29 is 9.20 Å². The summed E-state index contributed by atoms with van der Waals surface area (Å²) < 4.78 is 6.66. The normalized spacial score (nSPS) is 19.7. The molecule has 0 aliphatic heterocycles. The van der Waals surface area contributed by atoms with E-state index in [1.807, 2.05) is 4.68 Å². The van der Waals surface area contributed by atoms with Gasteiger partial charge in [0.2, 0.25) is 5.27 Å². The minimum Gasteiger partial charge on any atom is -0.362 e. The largest absolute Gasteiger partial charge is 0.362 e. The van der Waals surface area contributed by atoms with Gasteiger partial charge in [-0.05, 0) is 17.5 Å². The van der Waals surface area contributed by atoms with Crippen LogP contribution in [0, 0.1) is 0 Å². The molecule has 1 heterocycles. The van der Waals surface area contributed by atoms with Crippen molar-refractivity contribution >= 4 is 5.88 Å². The Morgan fingerprint density at radius 2 is 2.17 bits per heavy atom. The summed E-state index contributed by atoms with van der Waals surface area (Å²) in [5, 5.41) is 3.86. The van der Waals surface area contributed by atoms with E-state index in [2.05, 4.69) is 5.27 Å². The van der Waals surface area contributed by atoms with E-state index >= 15 is 0 Å². The molecule has 66 valence electrons. The Morgan fingerprint density at radius 3 is 2.75 bits per heavy atom. The Balaban J connectivity index is 2.08. The van der Waals surface area contributed by atoms with Gasteiger partial charge in [0.1, 0.15) is 0 Å². The quantitative estimate of drug-likeness (QED) is 0.638. The van der Waals surface area contributed by atoms with E-state index in [-0.39, 0.29) is 0 Å². The maximum Gasteiger partial charge on any atom is 0.293 e. The first-order chi connectivity index (χ1) is 5.86. The lowest BCUT2D eigenvalue weighted by Gasteiger charge is -2.12.